The first-order valence-electron chi connectivity index (χ1n) is 5.31. The number of fused-ring (bicyclic) bond motifs is 2. The quantitative estimate of drug-likeness (QED) is 0.370. The zero-order valence-electron chi connectivity index (χ0n) is 9.22. The predicted octanol–water partition coefficient (Wildman–Crippen LogP) is -3.94. The topological polar surface area (TPSA) is 141 Å². The van der Waals surface area contributed by atoms with Crippen LogP contribution in [-0.2, 0) is 9.59 Å². The van der Waals surface area contributed by atoms with Crippen LogP contribution in [-0.4, -0.2) is 59.2 Å². The van der Waals surface area contributed by atoms with E-state index in [4.69, 9.17) is 11.5 Å². The van der Waals surface area contributed by atoms with Gasteiger partial charge in [0, 0.05) is 0 Å². The van der Waals surface area contributed by atoms with Crippen LogP contribution in [0.15, 0.2) is 9.98 Å². The number of nitrogens with zero attached hydrogens (tertiary/aromatic N) is 4. The number of nitrogens with one attached hydrogen (secondary N) is 2. The molecule has 3 heterocycles. The van der Waals surface area contributed by atoms with E-state index in [1.165, 1.54) is 9.80 Å². The number of hydrogen-bond acceptors (Lipinski definition) is 8. The molecular formula is C8H12N8O2. The van der Waals surface area contributed by atoms with Crippen molar-refractivity contribution >= 4 is 24.7 Å². The average Bonchev–Trinajstić information content (AvgIpc) is 2.87. The summed E-state index contributed by atoms with van der Waals surface area (Å²) in [6, 6.07) is 0. The van der Waals surface area contributed by atoms with Crippen molar-refractivity contribution in [2.45, 2.75) is 24.7 Å². The van der Waals surface area contributed by atoms with Gasteiger partial charge in [0.05, 0.1) is 0 Å². The van der Waals surface area contributed by atoms with Crippen molar-refractivity contribution in [3.63, 3.8) is 0 Å². The zero-order chi connectivity index (χ0) is 12.9. The molecule has 2 amide bonds. The second-order valence-electron chi connectivity index (χ2n) is 4.14. The normalized spacial score (nSPS) is 36.9. The third-order valence-electron chi connectivity index (χ3n) is 3.20. The highest BCUT2D eigenvalue weighted by Crippen LogP contribution is 2.28. The third-order valence-corrected chi connectivity index (χ3v) is 3.20. The fourth-order valence-corrected chi connectivity index (χ4v) is 2.45. The first kappa shape index (κ1) is 10.6. The van der Waals surface area contributed by atoms with E-state index in [2.05, 4.69) is 20.6 Å². The highest BCUT2D eigenvalue weighted by molar-refractivity contribution is 5.83. The molecular weight excluding hydrogens is 240 g/mol. The molecule has 0 bridgehead atoms. The standard InChI is InChI=1S/C8H12N8O2/c9-7-11-3-5(13-7)16(2-18)6-4(15(3)1-17)12-8(10)14-6/h1-6H,(H3,9,11,13)(H3,10,12,14)/t3-,4+,5+,6-. The number of aliphatic imine (C=N–C) groups is 2. The molecule has 1 fully saturated rings. The van der Waals surface area contributed by atoms with Crippen molar-refractivity contribution in [2.75, 3.05) is 0 Å². The lowest BCUT2D eigenvalue weighted by atomic mass is 10.1. The smallest absolute Gasteiger partial charge is 0.213 e. The molecule has 0 aromatic rings. The van der Waals surface area contributed by atoms with E-state index in [1.54, 1.807) is 0 Å². The van der Waals surface area contributed by atoms with Crippen molar-refractivity contribution in [3.05, 3.63) is 0 Å². The highest BCUT2D eigenvalue weighted by Gasteiger charge is 2.52. The molecule has 0 spiro atoms. The Bertz CT molecular complexity index is 428. The Morgan fingerprint density at radius 3 is 1.78 bits per heavy atom. The lowest BCUT2D eigenvalue weighted by Crippen LogP contribution is -2.70. The van der Waals surface area contributed by atoms with Gasteiger partial charge in [0.2, 0.25) is 12.8 Å². The van der Waals surface area contributed by atoms with E-state index >= 15 is 0 Å². The van der Waals surface area contributed by atoms with Crippen LogP contribution < -0.4 is 22.1 Å². The number of rotatable bonds is 2. The van der Waals surface area contributed by atoms with E-state index in [-0.39, 0.29) is 11.9 Å². The maximum Gasteiger partial charge on any atom is 0.213 e. The molecule has 1 saturated heterocycles. The van der Waals surface area contributed by atoms with E-state index in [0.29, 0.717) is 12.8 Å². The summed E-state index contributed by atoms with van der Waals surface area (Å²) in [5.41, 5.74) is 11.2. The van der Waals surface area contributed by atoms with Gasteiger partial charge in [-0.15, -0.1) is 0 Å². The van der Waals surface area contributed by atoms with Crippen molar-refractivity contribution in [1.82, 2.24) is 20.4 Å². The number of guanidine groups is 2. The van der Waals surface area contributed by atoms with Crippen molar-refractivity contribution in [3.8, 4) is 0 Å². The zero-order valence-corrected chi connectivity index (χ0v) is 9.22. The number of hydrogen-bond donors (Lipinski definition) is 4. The van der Waals surface area contributed by atoms with Gasteiger partial charge in [-0.25, -0.2) is 9.98 Å². The Balaban J connectivity index is 2.01. The Hall–Kier alpha value is -2.52. The predicted molar refractivity (Wildman–Crippen MR) is 60.5 cm³/mol. The molecule has 0 unspecified atom stereocenters. The summed E-state index contributed by atoms with van der Waals surface area (Å²) in [6.45, 7) is 0. The van der Waals surface area contributed by atoms with Gasteiger partial charge in [0.1, 0.15) is 12.3 Å². The Kier molecular flexibility index (Phi) is 2.06. The van der Waals surface area contributed by atoms with Crippen LogP contribution in [0.25, 0.3) is 0 Å². The van der Waals surface area contributed by atoms with Crippen LogP contribution in [0.2, 0.25) is 0 Å². The molecule has 3 rings (SSSR count). The van der Waals surface area contributed by atoms with E-state index < -0.39 is 24.7 Å². The van der Waals surface area contributed by atoms with E-state index in [1.807, 2.05) is 0 Å². The van der Waals surface area contributed by atoms with Gasteiger partial charge in [-0.2, -0.15) is 0 Å². The van der Waals surface area contributed by atoms with Crippen LogP contribution in [0.1, 0.15) is 0 Å². The Morgan fingerprint density at radius 2 is 1.39 bits per heavy atom. The summed E-state index contributed by atoms with van der Waals surface area (Å²) in [5, 5.41) is 5.68. The summed E-state index contributed by atoms with van der Waals surface area (Å²) in [5.74, 6) is 0.362. The second-order valence-corrected chi connectivity index (χ2v) is 4.14. The summed E-state index contributed by atoms with van der Waals surface area (Å²) < 4.78 is 0. The summed E-state index contributed by atoms with van der Waals surface area (Å²) in [6.07, 6.45) is -0.925. The van der Waals surface area contributed by atoms with Gasteiger partial charge >= 0.3 is 0 Å². The molecule has 0 radical (unpaired) electrons. The average molecular weight is 252 g/mol. The van der Waals surface area contributed by atoms with Gasteiger partial charge in [-0.05, 0) is 0 Å². The molecule has 4 atom stereocenters. The van der Waals surface area contributed by atoms with Gasteiger partial charge in [-0.3, -0.25) is 19.4 Å². The monoisotopic (exact) mass is 252 g/mol. The lowest BCUT2D eigenvalue weighted by molar-refractivity contribution is -0.143. The second kappa shape index (κ2) is 3.48. The number of nitrogens with two attached hydrogens (primary N) is 2. The number of amides is 2. The Morgan fingerprint density at radius 1 is 0.944 bits per heavy atom. The number of carbonyl (C=O) groups is 2. The minimum atomic E-state index is -0.592. The van der Waals surface area contributed by atoms with Gasteiger partial charge < -0.3 is 22.1 Å². The summed E-state index contributed by atoms with van der Waals surface area (Å²) in [7, 11) is 0. The molecule has 96 valence electrons. The van der Waals surface area contributed by atoms with Crippen molar-refractivity contribution in [2.24, 2.45) is 21.5 Å². The Labute approximate surface area is 102 Å². The molecule has 10 nitrogen and oxygen atoms in total. The summed E-state index contributed by atoms with van der Waals surface area (Å²) in [4.78, 5) is 33.4. The molecule has 3 aliphatic rings. The maximum absolute atomic E-state index is 11.2. The molecule has 0 saturated carbocycles. The first-order chi connectivity index (χ1) is 8.65. The third kappa shape index (κ3) is 1.22. The van der Waals surface area contributed by atoms with Crippen LogP contribution in [0.4, 0.5) is 0 Å². The van der Waals surface area contributed by atoms with Crippen molar-refractivity contribution in [1.29, 1.82) is 0 Å². The molecule has 0 aromatic carbocycles. The molecule has 10 heteroatoms. The van der Waals surface area contributed by atoms with Crippen LogP contribution in [0.5, 0.6) is 0 Å². The molecule has 0 aromatic heterocycles. The van der Waals surface area contributed by atoms with Crippen LogP contribution >= 0.6 is 0 Å². The van der Waals surface area contributed by atoms with E-state index in [9.17, 15) is 9.59 Å². The first-order valence-corrected chi connectivity index (χ1v) is 5.31. The molecule has 6 N–H and O–H groups in total. The van der Waals surface area contributed by atoms with Gasteiger partial charge in [0.25, 0.3) is 0 Å². The lowest BCUT2D eigenvalue weighted by Gasteiger charge is -2.45. The fourth-order valence-electron chi connectivity index (χ4n) is 2.45. The van der Waals surface area contributed by atoms with Crippen LogP contribution in [0, 0.1) is 0 Å². The van der Waals surface area contributed by atoms with Gasteiger partial charge in [0.15, 0.2) is 24.3 Å². The minimum Gasteiger partial charge on any atom is -0.370 e. The van der Waals surface area contributed by atoms with Crippen LogP contribution in [0.3, 0.4) is 0 Å². The van der Waals surface area contributed by atoms with E-state index in [0.717, 1.165) is 0 Å². The SMILES string of the molecule is NC1=N[C@H]2[C@@H](N1)N(C=O)[C@H]1NC(N)=N[C@H]1N2C=O. The number of piperazine rings is 1. The van der Waals surface area contributed by atoms with Gasteiger partial charge in [-0.1, -0.05) is 0 Å². The fraction of sp³-hybridized carbons (Fsp3) is 0.500. The molecule has 3 aliphatic heterocycles. The number of carbonyl (C=O) groups excluding carboxylic acids is 2. The van der Waals surface area contributed by atoms with Crippen molar-refractivity contribution < 1.29 is 9.59 Å². The maximum atomic E-state index is 11.2. The molecule has 18 heavy (non-hydrogen) atoms. The molecule has 0 aliphatic carbocycles. The summed E-state index contributed by atoms with van der Waals surface area (Å²) >= 11 is 0. The largest absolute Gasteiger partial charge is 0.370 e. The highest BCUT2D eigenvalue weighted by atomic mass is 16.1. The minimum absolute atomic E-state index is 0.181.